The molecule has 1 atom stereocenters. The molecule has 20 heavy (non-hydrogen) atoms. The average Bonchev–Trinajstić information content (AvgIpc) is 2.93. The van der Waals surface area contributed by atoms with Gasteiger partial charge in [0.25, 0.3) is 0 Å². The summed E-state index contributed by atoms with van der Waals surface area (Å²) in [6, 6.07) is 10.8. The van der Waals surface area contributed by atoms with Crippen LogP contribution in [-0.4, -0.2) is 32.6 Å². The van der Waals surface area contributed by atoms with Crippen molar-refractivity contribution in [2.75, 3.05) is 32.6 Å². The van der Waals surface area contributed by atoms with Crippen LogP contribution in [0.25, 0.3) is 0 Å². The first-order valence-corrected chi connectivity index (χ1v) is 6.80. The molecule has 4 heteroatoms. The predicted octanol–water partition coefficient (Wildman–Crippen LogP) is 2.48. The lowest BCUT2D eigenvalue weighted by atomic mass is 10.0. The zero-order chi connectivity index (χ0) is 14.5. The minimum absolute atomic E-state index is 0.209. The lowest BCUT2D eigenvalue weighted by molar-refractivity contribution is 0.241. The molecule has 0 spiro atoms. The second-order valence-corrected chi connectivity index (χ2v) is 5.28. The van der Waals surface area contributed by atoms with Crippen LogP contribution in [0, 0.1) is 0 Å². The summed E-state index contributed by atoms with van der Waals surface area (Å²) >= 11 is 0. The fourth-order valence-electron chi connectivity index (χ4n) is 2.35. The Hall–Kier alpha value is -1.78. The van der Waals surface area contributed by atoms with Gasteiger partial charge in [-0.3, -0.25) is 4.90 Å². The number of likely N-dealkylation sites (N-methyl/N-ethyl adjacent to an activating group) is 1. The van der Waals surface area contributed by atoms with Crippen molar-refractivity contribution in [1.82, 2.24) is 4.90 Å². The van der Waals surface area contributed by atoms with Gasteiger partial charge in [0.05, 0.1) is 12.5 Å². The standard InChI is InChI=1S/C16H23N3O/c1-18(2)15-6-4-14(5-7-15)16(10-17)19(3)11-13-8-9-20-12-13/h4-9,12,16H,10-11,17H2,1-3H3. The summed E-state index contributed by atoms with van der Waals surface area (Å²) in [6.45, 7) is 1.42. The van der Waals surface area contributed by atoms with E-state index in [9.17, 15) is 0 Å². The van der Waals surface area contributed by atoms with Crippen LogP contribution in [0.5, 0.6) is 0 Å². The monoisotopic (exact) mass is 273 g/mol. The Bertz CT molecular complexity index is 505. The summed E-state index contributed by atoms with van der Waals surface area (Å²) in [5.41, 5.74) is 9.56. The van der Waals surface area contributed by atoms with E-state index in [0.717, 1.165) is 12.1 Å². The van der Waals surface area contributed by atoms with Gasteiger partial charge in [0.2, 0.25) is 0 Å². The predicted molar refractivity (Wildman–Crippen MR) is 82.7 cm³/mol. The van der Waals surface area contributed by atoms with Gasteiger partial charge in [0, 0.05) is 44.5 Å². The van der Waals surface area contributed by atoms with E-state index in [0.29, 0.717) is 6.54 Å². The average molecular weight is 273 g/mol. The van der Waals surface area contributed by atoms with E-state index < -0.39 is 0 Å². The zero-order valence-corrected chi connectivity index (χ0v) is 12.4. The van der Waals surface area contributed by atoms with Crippen LogP contribution in [0.2, 0.25) is 0 Å². The molecule has 0 aliphatic heterocycles. The van der Waals surface area contributed by atoms with Crippen molar-refractivity contribution in [1.29, 1.82) is 0 Å². The molecule has 0 aliphatic carbocycles. The lowest BCUT2D eigenvalue weighted by Gasteiger charge is -2.27. The molecule has 1 aromatic heterocycles. The van der Waals surface area contributed by atoms with Gasteiger partial charge in [0.1, 0.15) is 0 Å². The second-order valence-electron chi connectivity index (χ2n) is 5.28. The number of anilines is 1. The van der Waals surface area contributed by atoms with Gasteiger partial charge in [-0.05, 0) is 30.8 Å². The third-order valence-corrected chi connectivity index (χ3v) is 3.56. The van der Waals surface area contributed by atoms with E-state index in [4.69, 9.17) is 10.2 Å². The molecular weight excluding hydrogens is 250 g/mol. The largest absolute Gasteiger partial charge is 0.472 e. The lowest BCUT2D eigenvalue weighted by Crippen LogP contribution is -2.30. The first-order valence-electron chi connectivity index (χ1n) is 6.80. The fraction of sp³-hybridized carbons (Fsp3) is 0.375. The zero-order valence-electron chi connectivity index (χ0n) is 12.4. The molecule has 1 aromatic carbocycles. The molecule has 0 fully saturated rings. The van der Waals surface area contributed by atoms with Crippen molar-refractivity contribution in [3.8, 4) is 0 Å². The molecule has 0 radical (unpaired) electrons. The van der Waals surface area contributed by atoms with Crippen molar-refractivity contribution in [3.63, 3.8) is 0 Å². The summed E-state index contributed by atoms with van der Waals surface area (Å²) in [7, 11) is 6.17. The number of hydrogen-bond donors (Lipinski definition) is 1. The van der Waals surface area contributed by atoms with Gasteiger partial charge < -0.3 is 15.1 Å². The Morgan fingerprint density at radius 3 is 2.30 bits per heavy atom. The second kappa shape index (κ2) is 6.59. The minimum atomic E-state index is 0.209. The molecule has 1 unspecified atom stereocenters. The molecule has 2 aromatic rings. The van der Waals surface area contributed by atoms with E-state index >= 15 is 0 Å². The maximum Gasteiger partial charge on any atom is 0.0947 e. The molecule has 0 saturated heterocycles. The van der Waals surface area contributed by atoms with Gasteiger partial charge in [-0.15, -0.1) is 0 Å². The molecule has 108 valence electrons. The fourth-order valence-corrected chi connectivity index (χ4v) is 2.35. The van der Waals surface area contributed by atoms with Gasteiger partial charge in [0.15, 0.2) is 0 Å². The Kier molecular flexibility index (Phi) is 4.82. The Morgan fingerprint density at radius 2 is 1.80 bits per heavy atom. The summed E-state index contributed by atoms with van der Waals surface area (Å²) in [5.74, 6) is 0. The first-order chi connectivity index (χ1) is 9.61. The van der Waals surface area contributed by atoms with Crippen LogP contribution >= 0.6 is 0 Å². The van der Waals surface area contributed by atoms with Crippen LogP contribution in [0.4, 0.5) is 5.69 Å². The third-order valence-electron chi connectivity index (χ3n) is 3.56. The molecular formula is C16H23N3O. The Labute approximate surface area is 120 Å². The van der Waals surface area contributed by atoms with Crippen LogP contribution in [0.3, 0.4) is 0 Å². The normalized spacial score (nSPS) is 12.7. The van der Waals surface area contributed by atoms with Crippen LogP contribution in [-0.2, 0) is 6.54 Å². The highest BCUT2D eigenvalue weighted by Crippen LogP contribution is 2.23. The smallest absolute Gasteiger partial charge is 0.0947 e. The Morgan fingerprint density at radius 1 is 1.10 bits per heavy atom. The Balaban J connectivity index is 2.10. The highest BCUT2D eigenvalue weighted by Gasteiger charge is 2.16. The number of rotatable bonds is 6. The van der Waals surface area contributed by atoms with Gasteiger partial charge >= 0.3 is 0 Å². The van der Waals surface area contributed by atoms with Crippen LogP contribution in [0.1, 0.15) is 17.2 Å². The highest BCUT2D eigenvalue weighted by atomic mass is 16.3. The molecule has 2 N–H and O–H groups in total. The molecule has 0 amide bonds. The van der Waals surface area contributed by atoms with E-state index in [1.54, 1.807) is 12.5 Å². The molecule has 0 saturated carbocycles. The highest BCUT2D eigenvalue weighted by molar-refractivity contribution is 5.46. The topological polar surface area (TPSA) is 45.6 Å². The molecule has 0 aliphatic rings. The summed E-state index contributed by atoms with van der Waals surface area (Å²) in [6.07, 6.45) is 3.48. The number of nitrogens with zero attached hydrogens (tertiary/aromatic N) is 2. The van der Waals surface area contributed by atoms with E-state index in [2.05, 4.69) is 41.1 Å². The van der Waals surface area contributed by atoms with Crippen molar-refractivity contribution < 1.29 is 4.42 Å². The van der Waals surface area contributed by atoms with Crippen molar-refractivity contribution >= 4 is 5.69 Å². The molecule has 0 bridgehead atoms. The number of benzene rings is 1. The molecule has 2 rings (SSSR count). The van der Waals surface area contributed by atoms with Gasteiger partial charge in [-0.25, -0.2) is 0 Å². The number of nitrogens with two attached hydrogens (primary N) is 1. The maximum atomic E-state index is 5.96. The quantitative estimate of drug-likeness (QED) is 0.878. The van der Waals surface area contributed by atoms with E-state index in [1.807, 2.05) is 20.2 Å². The number of furan rings is 1. The van der Waals surface area contributed by atoms with Gasteiger partial charge in [-0.1, -0.05) is 12.1 Å². The van der Waals surface area contributed by atoms with E-state index in [1.165, 1.54) is 11.3 Å². The van der Waals surface area contributed by atoms with E-state index in [-0.39, 0.29) is 6.04 Å². The summed E-state index contributed by atoms with van der Waals surface area (Å²) < 4.78 is 5.11. The molecule has 1 heterocycles. The summed E-state index contributed by atoms with van der Waals surface area (Å²) in [4.78, 5) is 4.34. The van der Waals surface area contributed by atoms with Crippen LogP contribution < -0.4 is 10.6 Å². The van der Waals surface area contributed by atoms with Crippen molar-refractivity contribution in [2.45, 2.75) is 12.6 Å². The van der Waals surface area contributed by atoms with Crippen LogP contribution in [0.15, 0.2) is 47.3 Å². The first kappa shape index (κ1) is 14.6. The summed E-state index contributed by atoms with van der Waals surface area (Å²) in [5, 5.41) is 0. The third kappa shape index (κ3) is 3.40. The minimum Gasteiger partial charge on any atom is -0.472 e. The van der Waals surface area contributed by atoms with Gasteiger partial charge in [-0.2, -0.15) is 0 Å². The SMILES string of the molecule is CN(C)c1ccc(C(CN)N(C)Cc2ccoc2)cc1. The number of hydrogen-bond acceptors (Lipinski definition) is 4. The van der Waals surface area contributed by atoms with Crippen molar-refractivity contribution in [2.24, 2.45) is 5.73 Å². The van der Waals surface area contributed by atoms with Crippen molar-refractivity contribution in [3.05, 3.63) is 54.0 Å². The maximum absolute atomic E-state index is 5.96. The molecule has 4 nitrogen and oxygen atoms in total.